The molecule has 1 N–H and O–H groups in total. The first-order valence-corrected chi connectivity index (χ1v) is 10.2. The maximum atomic E-state index is 14.4. The monoisotopic (exact) mass is 447 g/mol. The summed E-state index contributed by atoms with van der Waals surface area (Å²) in [7, 11) is 3.31. The molecule has 170 valence electrons. The van der Waals surface area contributed by atoms with Gasteiger partial charge in [-0.1, -0.05) is 18.2 Å². The lowest BCUT2D eigenvalue weighted by Gasteiger charge is -2.19. The number of rotatable bonds is 7. The summed E-state index contributed by atoms with van der Waals surface area (Å²) in [4.78, 5) is 6.67. The molecule has 1 saturated heterocycles. The smallest absolute Gasteiger partial charge is 0.266 e. The number of anilines is 2. The van der Waals surface area contributed by atoms with Crippen molar-refractivity contribution >= 4 is 22.4 Å². The molecular formula is C22H24F3N5O2. The van der Waals surface area contributed by atoms with E-state index in [1.807, 2.05) is 6.07 Å². The average Bonchev–Trinajstić information content (AvgIpc) is 3.22. The maximum Gasteiger partial charge on any atom is 0.266 e. The van der Waals surface area contributed by atoms with Crippen molar-refractivity contribution in [1.82, 2.24) is 15.2 Å². The van der Waals surface area contributed by atoms with Crippen molar-refractivity contribution in [2.24, 2.45) is 0 Å². The third-order valence-corrected chi connectivity index (χ3v) is 5.75. The highest BCUT2D eigenvalue weighted by molar-refractivity contribution is 5.92. The van der Waals surface area contributed by atoms with Gasteiger partial charge in [-0.2, -0.15) is 5.10 Å². The first kappa shape index (κ1) is 22.2. The zero-order chi connectivity index (χ0) is 22.8. The van der Waals surface area contributed by atoms with E-state index in [2.05, 4.69) is 25.4 Å². The molecule has 0 radical (unpaired) electrons. The summed E-state index contributed by atoms with van der Waals surface area (Å²) < 4.78 is 51.5. The second-order valence-corrected chi connectivity index (χ2v) is 7.65. The number of hydrogen-bond acceptors (Lipinski definition) is 7. The second-order valence-electron chi connectivity index (χ2n) is 7.65. The van der Waals surface area contributed by atoms with Crippen LogP contribution < -0.4 is 10.2 Å². The molecule has 2 aromatic heterocycles. The summed E-state index contributed by atoms with van der Waals surface area (Å²) in [6.45, 7) is 3.07. The zero-order valence-electron chi connectivity index (χ0n) is 18.0. The number of hydrogen-bond donors (Lipinski definition) is 1. The van der Waals surface area contributed by atoms with Crippen molar-refractivity contribution in [3.05, 3.63) is 53.1 Å². The van der Waals surface area contributed by atoms with E-state index in [0.29, 0.717) is 35.5 Å². The van der Waals surface area contributed by atoms with Gasteiger partial charge < -0.3 is 19.7 Å². The van der Waals surface area contributed by atoms with Crippen molar-refractivity contribution in [3.63, 3.8) is 0 Å². The van der Waals surface area contributed by atoms with E-state index in [4.69, 9.17) is 9.47 Å². The average molecular weight is 447 g/mol. The lowest BCUT2D eigenvalue weighted by Crippen LogP contribution is -2.27. The summed E-state index contributed by atoms with van der Waals surface area (Å²) >= 11 is 0. The Morgan fingerprint density at radius 3 is 2.53 bits per heavy atom. The van der Waals surface area contributed by atoms with Crippen LogP contribution in [0.2, 0.25) is 0 Å². The minimum atomic E-state index is -2.88. The van der Waals surface area contributed by atoms with Gasteiger partial charge >= 0.3 is 0 Å². The van der Waals surface area contributed by atoms with E-state index >= 15 is 0 Å². The van der Waals surface area contributed by atoms with E-state index in [1.165, 1.54) is 12.1 Å². The molecule has 2 atom stereocenters. The summed E-state index contributed by atoms with van der Waals surface area (Å²) in [5.41, 5.74) is 1.66. The van der Waals surface area contributed by atoms with Gasteiger partial charge in [-0.3, -0.25) is 4.98 Å². The Balaban J connectivity index is 1.63. The van der Waals surface area contributed by atoms with Gasteiger partial charge in [0.1, 0.15) is 18.0 Å². The van der Waals surface area contributed by atoms with E-state index in [1.54, 1.807) is 27.3 Å². The molecule has 0 bridgehead atoms. The molecule has 3 heterocycles. The van der Waals surface area contributed by atoms with E-state index in [0.717, 1.165) is 11.8 Å². The lowest BCUT2D eigenvalue weighted by atomic mass is 10.1. The summed E-state index contributed by atoms with van der Waals surface area (Å²) in [5.74, 6) is -0.529. The predicted molar refractivity (Wildman–Crippen MR) is 115 cm³/mol. The van der Waals surface area contributed by atoms with Gasteiger partial charge in [-0.15, -0.1) is 5.10 Å². The fraction of sp³-hybridized carbons (Fsp3) is 0.409. The number of aromatic nitrogens is 3. The number of nitrogens with zero attached hydrogens (tertiary/aromatic N) is 4. The summed E-state index contributed by atoms with van der Waals surface area (Å²) in [6.07, 6.45) is -1.24. The van der Waals surface area contributed by atoms with Gasteiger partial charge in [-0.25, -0.2) is 13.2 Å². The SMILES string of the molecule is COC1CN(c2cnc3c(C)nnc(NCc4cccc(C(F)F)c4F)c3c2)CC1OC. The third-order valence-electron chi connectivity index (χ3n) is 5.75. The normalized spacial score (nSPS) is 18.7. The third kappa shape index (κ3) is 4.20. The largest absolute Gasteiger partial charge is 0.377 e. The first-order valence-electron chi connectivity index (χ1n) is 10.2. The Kier molecular flexibility index (Phi) is 6.43. The Morgan fingerprint density at radius 1 is 1.16 bits per heavy atom. The summed E-state index contributed by atoms with van der Waals surface area (Å²) in [6, 6.07) is 5.88. The van der Waals surface area contributed by atoms with Crippen LogP contribution >= 0.6 is 0 Å². The molecule has 4 rings (SSSR count). The van der Waals surface area contributed by atoms with E-state index in [-0.39, 0.29) is 24.3 Å². The molecule has 1 fully saturated rings. The molecule has 1 aliphatic rings. The Bertz CT molecular complexity index is 1100. The number of benzene rings is 1. The minimum absolute atomic E-state index is 0.0231. The molecule has 0 saturated carbocycles. The lowest BCUT2D eigenvalue weighted by molar-refractivity contribution is -0.00461. The summed E-state index contributed by atoms with van der Waals surface area (Å²) in [5, 5.41) is 12.1. The zero-order valence-corrected chi connectivity index (χ0v) is 18.0. The second kappa shape index (κ2) is 9.25. The van der Waals surface area contributed by atoms with Crippen LogP contribution in [-0.4, -0.2) is 54.7 Å². The predicted octanol–water partition coefficient (Wildman–Crippen LogP) is 3.87. The first-order chi connectivity index (χ1) is 15.4. The van der Waals surface area contributed by atoms with Crippen LogP contribution in [0.4, 0.5) is 24.7 Å². The van der Waals surface area contributed by atoms with Crippen molar-refractivity contribution in [1.29, 1.82) is 0 Å². The number of nitrogens with one attached hydrogen (secondary N) is 1. The van der Waals surface area contributed by atoms with Gasteiger partial charge in [0.05, 0.1) is 28.7 Å². The van der Waals surface area contributed by atoms with Crippen molar-refractivity contribution in [2.45, 2.75) is 32.1 Å². The molecule has 32 heavy (non-hydrogen) atoms. The number of pyridine rings is 1. The van der Waals surface area contributed by atoms with E-state index < -0.39 is 17.8 Å². The molecule has 1 aromatic carbocycles. The Morgan fingerprint density at radius 2 is 1.88 bits per heavy atom. The fourth-order valence-electron chi connectivity index (χ4n) is 3.94. The Labute approximate surface area is 183 Å². The number of aryl methyl sites for hydroxylation is 1. The number of ether oxygens (including phenoxy) is 2. The van der Waals surface area contributed by atoms with Crippen LogP contribution in [0.1, 0.15) is 23.2 Å². The van der Waals surface area contributed by atoms with Crippen molar-refractivity contribution in [2.75, 3.05) is 37.5 Å². The van der Waals surface area contributed by atoms with Crippen LogP contribution in [0.25, 0.3) is 10.9 Å². The molecule has 0 amide bonds. The van der Waals surface area contributed by atoms with Crippen LogP contribution in [0.15, 0.2) is 30.5 Å². The van der Waals surface area contributed by atoms with Crippen LogP contribution in [0, 0.1) is 12.7 Å². The molecule has 0 spiro atoms. The quantitative estimate of drug-likeness (QED) is 0.590. The van der Waals surface area contributed by atoms with Crippen LogP contribution in [-0.2, 0) is 16.0 Å². The van der Waals surface area contributed by atoms with Crippen molar-refractivity contribution in [3.8, 4) is 0 Å². The van der Waals surface area contributed by atoms with Gasteiger partial charge in [0.25, 0.3) is 6.43 Å². The molecule has 7 nitrogen and oxygen atoms in total. The molecule has 3 aromatic rings. The molecule has 2 unspecified atom stereocenters. The molecule has 1 aliphatic heterocycles. The highest BCUT2D eigenvalue weighted by Crippen LogP contribution is 2.30. The van der Waals surface area contributed by atoms with Crippen LogP contribution in [0.5, 0.6) is 0 Å². The maximum absolute atomic E-state index is 14.4. The van der Waals surface area contributed by atoms with Crippen molar-refractivity contribution < 1.29 is 22.6 Å². The number of methoxy groups -OCH3 is 2. The van der Waals surface area contributed by atoms with Gasteiger partial charge in [0.2, 0.25) is 0 Å². The van der Waals surface area contributed by atoms with Gasteiger partial charge in [-0.05, 0) is 13.0 Å². The molecule has 10 heteroatoms. The Hall–Kier alpha value is -2.98. The molecular weight excluding hydrogens is 423 g/mol. The topological polar surface area (TPSA) is 72.4 Å². The number of halogens is 3. The minimum Gasteiger partial charge on any atom is -0.377 e. The fourth-order valence-corrected chi connectivity index (χ4v) is 3.94. The highest BCUT2D eigenvalue weighted by atomic mass is 19.3. The van der Waals surface area contributed by atoms with Crippen LogP contribution in [0.3, 0.4) is 0 Å². The van der Waals surface area contributed by atoms with E-state index in [9.17, 15) is 13.2 Å². The van der Waals surface area contributed by atoms with Gasteiger partial charge in [0, 0.05) is 44.8 Å². The highest BCUT2D eigenvalue weighted by Gasteiger charge is 2.33. The number of alkyl halides is 2. The standard InChI is InChI=1S/C22H24F3N5O2/c1-12-20-16(7-14(9-26-20)30-10-17(31-2)18(11-30)32-3)22(29-28-12)27-8-13-5-4-6-15(19(13)23)21(24)25/h4-7,9,17-18,21H,8,10-11H2,1-3H3,(H,27,29). The number of fused-ring (bicyclic) bond motifs is 1. The van der Waals surface area contributed by atoms with Gasteiger partial charge in [0.15, 0.2) is 5.82 Å². The molecule has 0 aliphatic carbocycles.